The van der Waals surface area contributed by atoms with E-state index in [4.69, 9.17) is 18.9 Å². The predicted molar refractivity (Wildman–Crippen MR) is 170 cm³/mol. The zero-order valence-corrected chi connectivity index (χ0v) is 26.5. The van der Waals surface area contributed by atoms with Gasteiger partial charge in [0.15, 0.2) is 0 Å². The molecule has 40 heavy (non-hydrogen) atoms. The highest BCUT2D eigenvalue weighted by Crippen LogP contribution is 2.45. The van der Waals surface area contributed by atoms with E-state index in [0.29, 0.717) is 0 Å². The SMILES string of the molecule is COc1cc(-c2c(OC)ccc(OC)c2C/C=C(\C)CCC=C(C)C)c(OC)cc1C/C=C(\C)CCC=C(C)C. The van der Waals surface area contributed by atoms with Gasteiger partial charge in [0.05, 0.1) is 28.4 Å². The van der Waals surface area contributed by atoms with Crippen molar-refractivity contribution in [3.8, 4) is 34.1 Å². The first kappa shape index (κ1) is 32.8. The molecule has 0 fully saturated rings. The molecule has 4 heteroatoms. The van der Waals surface area contributed by atoms with Gasteiger partial charge in [-0.25, -0.2) is 0 Å². The maximum absolute atomic E-state index is 5.96. The molecule has 0 spiro atoms. The number of rotatable bonds is 15. The van der Waals surface area contributed by atoms with Crippen LogP contribution in [-0.4, -0.2) is 28.4 Å². The molecule has 0 aliphatic heterocycles. The summed E-state index contributed by atoms with van der Waals surface area (Å²) in [5.74, 6) is 3.20. The van der Waals surface area contributed by atoms with E-state index in [1.165, 1.54) is 22.3 Å². The third-order valence-electron chi connectivity index (χ3n) is 7.05. The van der Waals surface area contributed by atoms with Crippen LogP contribution in [0.1, 0.15) is 78.4 Å². The molecular formula is C36H50O4. The fourth-order valence-corrected chi connectivity index (χ4v) is 4.72. The van der Waals surface area contributed by atoms with Gasteiger partial charge < -0.3 is 18.9 Å². The van der Waals surface area contributed by atoms with Gasteiger partial charge in [-0.3, -0.25) is 0 Å². The Hall–Kier alpha value is -3.40. The monoisotopic (exact) mass is 546 g/mol. The average molecular weight is 547 g/mol. The van der Waals surface area contributed by atoms with Crippen LogP contribution in [0, 0.1) is 0 Å². The molecule has 0 N–H and O–H groups in total. The van der Waals surface area contributed by atoms with Crippen LogP contribution in [0.15, 0.2) is 70.9 Å². The molecule has 2 aromatic rings. The van der Waals surface area contributed by atoms with Gasteiger partial charge in [-0.05, 0) is 104 Å². The number of hydrogen-bond donors (Lipinski definition) is 0. The molecule has 0 aliphatic rings. The van der Waals surface area contributed by atoms with Gasteiger partial charge in [0.25, 0.3) is 0 Å². The lowest BCUT2D eigenvalue weighted by Crippen LogP contribution is -2.02. The van der Waals surface area contributed by atoms with Gasteiger partial charge in [0.1, 0.15) is 23.0 Å². The van der Waals surface area contributed by atoms with Crippen molar-refractivity contribution >= 4 is 0 Å². The van der Waals surface area contributed by atoms with Crippen LogP contribution in [0.3, 0.4) is 0 Å². The molecule has 2 rings (SSSR count). The van der Waals surface area contributed by atoms with E-state index >= 15 is 0 Å². The van der Waals surface area contributed by atoms with Crippen molar-refractivity contribution in [2.75, 3.05) is 28.4 Å². The molecule has 0 radical (unpaired) electrons. The number of ether oxygens (including phenoxy) is 4. The van der Waals surface area contributed by atoms with Crippen LogP contribution in [0.2, 0.25) is 0 Å². The van der Waals surface area contributed by atoms with Gasteiger partial charge in [0.2, 0.25) is 0 Å². The van der Waals surface area contributed by atoms with Crippen molar-refractivity contribution in [1.29, 1.82) is 0 Å². The highest BCUT2D eigenvalue weighted by Gasteiger charge is 2.21. The first-order valence-electron chi connectivity index (χ1n) is 14.2. The Bertz CT molecular complexity index is 1240. The summed E-state index contributed by atoms with van der Waals surface area (Å²) in [6, 6.07) is 8.11. The second-order valence-electron chi connectivity index (χ2n) is 10.8. The minimum absolute atomic E-state index is 0.719. The third-order valence-corrected chi connectivity index (χ3v) is 7.05. The molecule has 0 saturated carbocycles. The zero-order chi connectivity index (χ0) is 29.7. The largest absolute Gasteiger partial charge is 0.496 e. The van der Waals surface area contributed by atoms with E-state index in [1.54, 1.807) is 28.4 Å². The molecule has 0 aliphatic carbocycles. The molecule has 4 nitrogen and oxygen atoms in total. The summed E-state index contributed by atoms with van der Waals surface area (Å²) in [5, 5.41) is 0. The van der Waals surface area contributed by atoms with Crippen molar-refractivity contribution in [3.63, 3.8) is 0 Å². The molecule has 0 bridgehead atoms. The van der Waals surface area contributed by atoms with Gasteiger partial charge in [-0.15, -0.1) is 0 Å². The fraction of sp³-hybridized carbons (Fsp3) is 0.444. The van der Waals surface area contributed by atoms with Crippen LogP contribution < -0.4 is 18.9 Å². The molecular weight excluding hydrogens is 496 g/mol. The maximum atomic E-state index is 5.96. The second-order valence-corrected chi connectivity index (χ2v) is 10.8. The van der Waals surface area contributed by atoms with Crippen molar-refractivity contribution in [3.05, 3.63) is 82.0 Å². The van der Waals surface area contributed by atoms with Crippen LogP contribution in [-0.2, 0) is 12.8 Å². The first-order chi connectivity index (χ1) is 19.1. The highest BCUT2D eigenvalue weighted by atomic mass is 16.5. The summed E-state index contributed by atoms with van der Waals surface area (Å²) in [5.41, 5.74) is 9.46. The van der Waals surface area contributed by atoms with Gasteiger partial charge in [-0.2, -0.15) is 0 Å². The van der Waals surface area contributed by atoms with Gasteiger partial charge >= 0.3 is 0 Å². The van der Waals surface area contributed by atoms with Crippen LogP contribution in [0.5, 0.6) is 23.0 Å². The summed E-state index contributed by atoms with van der Waals surface area (Å²) in [6.45, 7) is 13.0. The summed E-state index contributed by atoms with van der Waals surface area (Å²) >= 11 is 0. The molecule has 0 unspecified atom stereocenters. The number of allylic oxidation sites excluding steroid dienone is 8. The fourth-order valence-electron chi connectivity index (χ4n) is 4.72. The quantitative estimate of drug-likeness (QED) is 0.208. The molecule has 0 heterocycles. The lowest BCUT2D eigenvalue weighted by Gasteiger charge is -2.21. The zero-order valence-electron chi connectivity index (χ0n) is 26.5. The van der Waals surface area contributed by atoms with E-state index in [-0.39, 0.29) is 0 Å². The van der Waals surface area contributed by atoms with E-state index in [1.807, 2.05) is 12.1 Å². The number of benzene rings is 2. The predicted octanol–water partition coefficient (Wildman–Crippen LogP) is 9.86. The number of hydrogen-bond acceptors (Lipinski definition) is 4. The highest BCUT2D eigenvalue weighted by molar-refractivity contribution is 5.82. The Kier molecular flexibility index (Phi) is 13.7. The third kappa shape index (κ3) is 9.66. The van der Waals surface area contributed by atoms with Crippen LogP contribution in [0.25, 0.3) is 11.1 Å². The molecule has 218 valence electrons. The van der Waals surface area contributed by atoms with Gasteiger partial charge in [-0.1, -0.05) is 46.6 Å². The van der Waals surface area contributed by atoms with Gasteiger partial charge in [0, 0.05) is 22.3 Å². The Morgan fingerprint density at radius 3 is 1.57 bits per heavy atom. The summed E-state index contributed by atoms with van der Waals surface area (Å²) in [7, 11) is 6.86. The lowest BCUT2D eigenvalue weighted by atomic mass is 9.92. The minimum Gasteiger partial charge on any atom is -0.496 e. The molecule has 0 atom stereocenters. The normalized spacial score (nSPS) is 11.7. The molecule has 2 aromatic carbocycles. The van der Waals surface area contributed by atoms with E-state index in [2.05, 4.69) is 78.0 Å². The van der Waals surface area contributed by atoms with E-state index in [0.717, 1.165) is 83.8 Å². The van der Waals surface area contributed by atoms with Crippen molar-refractivity contribution in [2.24, 2.45) is 0 Å². The smallest absolute Gasteiger partial charge is 0.127 e. The van der Waals surface area contributed by atoms with Crippen molar-refractivity contribution in [2.45, 2.75) is 80.1 Å². The maximum Gasteiger partial charge on any atom is 0.127 e. The van der Waals surface area contributed by atoms with Crippen LogP contribution in [0.4, 0.5) is 0 Å². The Morgan fingerprint density at radius 1 is 0.575 bits per heavy atom. The lowest BCUT2D eigenvalue weighted by molar-refractivity contribution is 0.396. The first-order valence-corrected chi connectivity index (χ1v) is 14.2. The van der Waals surface area contributed by atoms with E-state index in [9.17, 15) is 0 Å². The molecule has 0 amide bonds. The average Bonchev–Trinajstić information content (AvgIpc) is 2.93. The van der Waals surface area contributed by atoms with Crippen molar-refractivity contribution in [1.82, 2.24) is 0 Å². The number of methoxy groups -OCH3 is 4. The summed E-state index contributed by atoms with van der Waals surface area (Å²) < 4.78 is 23.6. The topological polar surface area (TPSA) is 36.9 Å². The Balaban J connectivity index is 2.56. The minimum atomic E-state index is 0.719. The second kappa shape index (κ2) is 16.6. The summed E-state index contributed by atoms with van der Waals surface area (Å²) in [4.78, 5) is 0. The Labute approximate surface area is 243 Å². The van der Waals surface area contributed by atoms with E-state index < -0.39 is 0 Å². The van der Waals surface area contributed by atoms with Crippen LogP contribution >= 0.6 is 0 Å². The summed E-state index contributed by atoms with van der Waals surface area (Å²) in [6.07, 6.45) is 14.8. The molecule has 0 aromatic heterocycles. The standard InChI is InChI=1S/C36H50O4/c1-25(2)13-11-15-27(5)17-19-29-23-35(40-10)31(24-34(29)39-9)36-30(32(37-7)21-22-33(36)38-8)20-18-28(6)16-12-14-26(3)4/h13-14,17-18,21-24H,11-12,15-16,19-20H2,1-10H3/b27-17+,28-18+. The van der Waals surface area contributed by atoms with Crippen molar-refractivity contribution < 1.29 is 18.9 Å². The molecule has 0 saturated heterocycles. The Morgan fingerprint density at radius 2 is 1.07 bits per heavy atom.